The summed E-state index contributed by atoms with van der Waals surface area (Å²) in [5.74, 6) is -0.0145. The van der Waals surface area contributed by atoms with Crippen molar-refractivity contribution in [2.75, 3.05) is 7.05 Å². The molecule has 1 heterocycles. The van der Waals surface area contributed by atoms with Crippen LogP contribution in [-0.2, 0) is 11.2 Å². The Kier molecular flexibility index (Phi) is 2.39. The molecule has 1 N–H and O–H groups in total. The van der Waals surface area contributed by atoms with Gasteiger partial charge in [-0.2, -0.15) is 0 Å². The third-order valence-corrected chi connectivity index (χ3v) is 1.64. The first kappa shape index (κ1) is 7.21. The van der Waals surface area contributed by atoms with E-state index in [1.165, 1.54) is 11.3 Å². The Morgan fingerprint density at radius 3 is 3.30 bits per heavy atom. The van der Waals surface area contributed by atoms with E-state index in [9.17, 15) is 4.79 Å². The molecule has 1 amide bonds. The predicted octanol–water partition coefficient (Wildman–Crippen LogP) is 0.232. The highest BCUT2D eigenvalue weighted by atomic mass is 32.1. The Bertz CT molecular complexity index is 208. The number of thiazole rings is 1. The number of nitrogens with zero attached hydrogens (tertiary/aromatic N) is 1. The van der Waals surface area contributed by atoms with Crippen LogP contribution in [0.5, 0.6) is 0 Å². The molecule has 1 radical (unpaired) electrons. The van der Waals surface area contributed by atoms with Crippen LogP contribution in [0.15, 0.2) is 5.38 Å². The van der Waals surface area contributed by atoms with E-state index in [2.05, 4.69) is 15.8 Å². The van der Waals surface area contributed by atoms with E-state index in [0.717, 1.165) is 5.69 Å². The molecule has 1 rings (SSSR count). The van der Waals surface area contributed by atoms with E-state index in [1.807, 2.05) is 5.38 Å². The van der Waals surface area contributed by atoms with E-state index in [0.29, 0.717) is 6.42 Å². The number of amides is 1. The zero-order valence-corrected chi connectivity index (χ0v) is 6.36. The molecule has 0 bridgehead atoms. The maximum absolute atomic E-state index is 10.7. The zero-order valence-electron chi connectivity index (χ0n) is 5.55. The Hall–Kier alpha value is -0.900. The van der Waals surface area contributed by atoms with Crippen molar-refractivity contribution in [3.8, 4) is 0 Å². The van der Waals surface area contributed by atoms with Crippen molar-refractivity contribution in [1.29, 1.82) is 0 Å². The fourth-order valence-corrected chi connectivity index (χ4v) is 1.03. The third-order valence-electron chi connectivity index (χ3n) is 1.06. The fraction of sp³-hybridized carbons (Fsp3) is 0.333. The topological polar surface area (TPSA) is 42.0 Å². The van der Waals surface area contributed by atoms with Gasteiger partial charge in [0.1, 0.15) is 0 Å². The van der Waals surface area contributed by atoms with Crippen LogP contribution in [0.25, 0.3) is 0 Å². The van der Waals surface area contributed by atoms with Gasteiger partial charge in [-0.3, -0.25) is 4.79 Å². The fourth-order valence-electron chi connectivity index (χ4n) is 0.540. The minimum atomic E-state index is -0.0145. The molecular formula is C6H7N2OS. The molecule has 4 heteroatoms. The number of rotatable bonds is 2. The summed E-state index contributed by atoms with van der Waals surface area (Å²) in [5.41, 5.74) is 3.45. The maximum atomic E-state index is 10.7. The first-order chi connectivity index (χ1) is 4.83. The molecule has 1 aromatic heterocycles. The van der Waals surface area contributed by atoms with Crippen molar-refractivity contribution in [1.82, 2.24) is 10.3 Å². The molecule has 53 valence electrons. The molecule has 0 aromatic carbocycles. The SMILES string of the molecule is CNC(=O)Cc1cs[c]n1. The van der Waals surface area contributed by atoms with Crippen molar-refractivity contribution in [3.63, 3.8) is 0 Å². The second-order valence-corrected chi connectivity index (χ2v) is 2.43. The van der Waals surface area contributed by atoms with Crippen molar-refractivity contribution in [2.24, 2.45) is 0 Å². The Morgan fingerprint density at radius 2 is 2.80 bits per heavy atom. The van der Waals surface area contributed by atoms with Gasteiger partial charge in [0, 0.05) is 12.4 Å². The van der Waals surface area contributed by atoms with Gasteiger partial charge in [0.2, 0.25) is 5.91 Å². The van der Waals surface area contributed by atoms with Gasteiger partial charge in [-0.25, -0.2) is 4.98 Å². The normalized spacial score (nSPS) is 9.30. The lowest BCUT2D eigenvalue weighted by molar-refractivity contribution is -0.120. The molecule has 0 unspecified atom stereocenters. The van der Waals surface area contributed by atoms with E-state index < -0.39 is 0 Å². The molecule has 0 atom stereocenters. The second kappa shape index (κ2) is 3.31. The van der Waals surface area contributed by atoms with Crippen molar-refractivity contribution < 1.29 is 4.79 Å². The summed E-state index contributed by atoms with van der Waals surface area (Å²) in [7, 11) is 1.61. The van der Waals surface area contributed by atoms with Crippen LogP contribution in [0, 0.1) is 5.51 Å². The molecule has 0 saturated heterocycles. The summed E-state index contributed by atoms with van der Waals surface area (Å²) in [4.78, 5) is 14.6. The van der Waals surface area contributed by atoms with E-state index in [-0.39, 0.29) is 5.91 Å². The van der Waals surface area contributed by atoms with Gasteiger partial charge in [-0.15, -0.1) is 11.3 Å². The minimum absolute atomic E-state index is 0.0145. The van der Waals surface area contributed by atoms with Gasteiger partial charge in [0.25, 0.3) is 0 Å². The Labute approximate surface area is 63.1 Å². The molecule has 10 heavy (non-hydrogen) atoms. The summed E-state index contributed by atoms with van der Waals surface area (Å²) < 4.78 is 0. The van der Waals surface area contributed by atoms with Gasteiger partial charge in [-0.1, -0.05) is 0 Å². The number of nitrogens with one attached hydrogen (secondary N) is 1. The predicted molar refractivity (Wildman–Crippen MR) is 38.7 cm³/mol. The molecule has 3 nitrogen and oxygen atoms in total. The van der Waals surface area contributed by atoms with Gasteiger partial charge in [0.05, 0.1) is 12.1 Å². The number of carbonyl (C=O) groups excluding carboxylic acids is 1. The maximum Gasteiger partial charge on any atom is 0.225 e. The first-order valence-corrected chi connectivity index (χ1v) is 3.72. The van der Waals surface area contributed by atoms with Crippen LogP contribution in [0.1, 0.15) is 5.69 Å². The second-order valence-electron chi connectivity index (χ2n) is 1.78. The average molecular weight is 155 g/mol. The van der Waals surface area contributed by atoms with Crippen LogP contribution in [-0.4, -0.2) is 17.9 Å². The van der Waals surface area contributed by atoms with E-state index in [4.69, 9.17) is 0 Å². The van der Waals surface area contributed by atoms with Crippen LogP contribution < -0.4 is 5.32 Å². The first-order valence-electron chi connectivity index (χ1n) is 2.84. The number of hydrogen-bond acceptors (Lipinski definition) is 3. The zero-order chi connectivity index (χ0) is 7.40. The Morgan fingerprint density at radius 1 is 2.00 bits per heavy atom. The van der Waals surface area contributed by atoms with Crippen molar-refractivity contribution in [2.45, 2.75) is 6.42 Å². The van der Waals surface area contributed by atoms with Gasteiger partial charge < -0.3 is 5.32 Å². The summed E-state index contributed by atoms with van der Waals surface area (Å²) >= 11 is 1.38. The molecule has 0 fully saturated rings. The summed E-state index contributed by atoms with van der Waals surface area (Å²) in [6.07, 6.45) is 0.358. The monoisotopic (exact) mass is 155 g/mol. The van der Waals surface area contributed by atoms with Crippen molar-refractivity contribution in [3.05, 3.63) is 16.6 Å². The van der Waals surface area contributed by atoms with Crippen LogP contribution in [0.2, 0.25) is 0 Å². The lowest BCUT2D eigenvalue weighted by atomic mass is 10.3. The molecule has 0 aliphatic rings. The lowest BCUT2D eigenvalue weighted by Crippen LogP contribution is -2.19. The highest BCUT2D eigenvalue weighted by Gasteiger charge is 2.00. The van der Waals surface area contributed by atoms with E-state index >= 15 is 0 Å². The van der Waals surface area contributed by atoms with E-state index in [1.54, 1.807) is 7.05 Å². The quantitative estimate of drug-likeness (QED) is 0.664. The van der Waals surface area contributed by atoms with Crippen molar-refractivity contribution >= 4 is 17.2 Å². The molecule has 0 aliphatic carbocycles. The van der Waals surface area contributed by atoms with Gasteiger partial charge in [0.15, 0.2) is 5.51 Å². The molecule has 0 spiro atoms. The molecular weight excluding hydrogens is 148 g/mol. The smallest absolute Gasteiger partial charge is 0.225 e. The van der Waals surface area contributed by atoms with Gasteiger partial charge >= 0.3 is 0 Å². The summed E-state index contributed by atoms with van der Waals surface area (Å²) in [6, 6.07) is 0. The summed E-state index contributed by atoms with van der Waals surface area (Å²) in [5, 5.41) is 4.33. The number of carbonyl (C=O) groups is 1. The highest BCUT2D eigenvalue weighted by molar-refractivity contribution is 7.07. The van der Waals surface area contributed by atoms with Gasteiger partial charge in [-0.05, 0) is 0 Å². The number of aromatic nitrogens is 1. The molecule has 0 aliphatic heterocycles. The lowest BCUT2D eigenvalue weighted by Gasteiger charge is -1.93. The summed E-state index contributed by atoms with van der Waals surface area (Å²) in [6.45, 7) is 0. The minimum Gasteiger partial charge on any atom is -0.359 e. The number of hydrogen-bond donors (Lipinski definition) is 1. The average Bonchev–Trinajstić information content (AvgIpc) is 2.40. The highest BCUT2D eigenvalue weighted by Crippen LogP contribution is 1.99. The number of likely N-dealkylation sites (N-methyl/N-ethyl adjacent to an activating group) is 1. The Balaban J connectivity index is 2.48. The van der Waals surface area contributed by atoms with Crippen LogP contribution in [0.3, 0.4) is 0 Å². The molecule has 1 aromatic rings. The largest absolute Gasteiger partial charge is 0.359 e. The standard InChI is InChI=1S/C6H7N2OS/c1-7-6(9)2-5-3-10-4-8-5/h3H,2H2,1H3,(H,7,9). The third kappa shape index (κ3) is 1.80. The van der Waals surface area contributed by atoms with Crippen LogP contribution >= 0.6 is 11.3 Å². The molecule has 0 saturated carbocycles. The van der Waals surface area contributed by atoms with Crippen LogP contribution in [0.4, 0.5) is 0 Å².